The summed E-state index contributed by atoms with van der Waals surface area (Å²) < 4.78 is 5.41. The summed E-state index contributed by atoms with van der Waals surface area (Å²) in [6.45, 7) is 12.9. The number of carbonyl (C=O) groups excluding carboxylic acids is 1. The van der Waals surface area contributed by atoms with Gasteiger partial charge in [0.25, 0.3) is 0 Å². The lowest BCUT2D eigenvalue weighted by Crippen LogP contribution is -2.47. The number of amides is 1. The van der Waals surface area contributed by atoms with Crippen LogP contribution in [0.1, 0.15) is 60.3 Å². The lowest BCUT2D eigenvalue weighted by molar-refractivity contribution is 0.0197. The normalized spacial score (nSPS) is 17.6. The smallest absolute Gasteiger partial charge is 0.410 e. The number of hydrogen-bond donors (Lipinski definition) is 1. The Morgan fingerprint density at radius 2 is 1.80 bits per heavy atom. The van der Waals surface area contributed by atoms with Crippen molar-refractivity contribution in [2.24, 2.45) is 5.92 Å². The maximum absolute atomic E-state index is 12.0. The number of hydrogen-bond acceptors (Lipinski definition) is 3. The molecule has 0 atom stereocenters. The fraction of sp³-hybridized carbons (Fsp3) is 0.938. The lowest BCUT2D eigenvalue weighted by atomic mass is 10.0. The standard InChI is InChI=1S/C16H32N2O2/c1-6-13(7-2)12-17-14-8-10-18(11-9-14)15(19)20-16(3,4)5/h13-14,17H,6-12H2,1-5H3. The molecule has 0 spiro atoms. The van der Waals surface area contributed by atoms with Crippen LogP contribution in [0.25, 0.3) is 0 Å². The molecule has 1 amide bonds. The van der Waals surface area contributed by atoms with Gasteiger partial charge in [0.15, 0.2) is 0 Å². The predicted molar refractivity (Wildman–Crippen MR) is 82.9 cm³/mol. The van der Waals surface area contributed by atoms with Crippen molar-refractivity contribution in [3.63, 3.8) is 0 Å². The molecule has 118 valence electrons. The van der Waals surface area contributed by atoms with Crippen molar-refractivity contribution >= 4 is 6.09 Å². The van der Waals surface area contributed by atoms with E-state index in [0.29, 0.717) is 6.04 Å². The van der Waals surface area contributed by atoms with Gasteiger partial charge in [-0.3, -0.25) is 0 Å². The molecule has 0 aromatic rings. The summed E-state index contributed by atoms with van der Waals surface area (Å²) in [7, 11) is 0. The predicted octanol–water partition coefficient (Wildman–Crippen LogP) is 3.41. The molecule has 4 nitrogen and oxygen atoms in total. The number of rotatable bonds is 5. The highest BCUT2D eigenvalue weighted by atomic mass is 16.6. The first-order chi connectivity index (χ1) is 9.35. The van der Waals surface area contributed by atoms with E-state index in [1.54, 1.807) is 0 Å². The Morgan fingerprint density at radius 1 is 1.25 bits per heavy atom. The fourth-order valence-corrected chi connectivity index (χ4v) is 2.50. The van der Waals surface area contributed by atoms with Crippen LogP contribution in [-0.4, -0.2) is 42.3 Å². The van der Waals surface area contributed by atoms with E-state index in [1.165, 1.54) is 12.8 Å². The zero-order valence-corrected chi connectivity index (χ0v) is 13.9. The number of nitrogens with one attached hydrogen (secondary N) is 1. The average molecular weight is 284 g/mol. The van der Waals surface area contributed by atoms with Crippen LogP contribution in [-0.2, 0) is 4.74 Å². The summed E-state index contributed by atoms with van der Waals surface area (Å²) in [5, 5.41) is 3.65. The third-order valence-electron chi connectivity index (χ3n) is 4.00. The molecule has 0 aromatic heterocycles. The number of carbonyl (C=O) groups is 1. The topological polar surface area (TPSA) is 41.6 Å². The van der Waals surface area contributed by atoms with E-state index < -0.39 is 5.60 Å². The van der Waals surface area contributed by atoms with Gasteiger partial charge in [0.05, 0.1) is 0 Å². The first kappa shape index (κ1) is 17.3. The molecule has 1 saturated heterocycles. The highest BCUT2D eigenvalue weighted by Gasteiger charge is 2.26. The van der Waals surface area contributed by atoms with Crippen molar-refractivity contribution in [2.45, 2.75) is 71.9 Å². The maximum Gasteiger partial charge on any atom is 0.410 e. The Labute approximate surface area is 124 Å². The molecule has 0 radical (unpaired) electrons. The van der Waals surface area contributed by atoms with E-state index in [9.17, 15) is 4.79 Å². The second-order valence-corrected chi connectivity index (χ2v) is 6.83. The summed E-state index contributed by atoms with van der Waals surface area (Å²) >= 11 is 0. The molecule has 4 heteroatoms. The van der Waals surface area contributed by atoms with E-state index in [4.69, 9.17) is 4.74 Å². The lowest BCUT2D eigenvalue weighted by Gasteiger charge is -2.34. The summed E-state index contributed by atoms with van der Waals surface area (Å²) in [6, 6.07) is 0.550. The molecule has 1 fully saturated rings. The molecule has 0 aromatic carbocycles. The van der Waals surface area contributed by atoms with Crippen LogP contribution >= 0.6 is 0 Å². The van der Waals surface area contributed by atoms with Crippen LogP contribution < -0.4 is 5.32 Å². The highest BCUT2D eigenvalue weighted by Crippen LogP contribution is 2.16. The molecule has 1 aliphatic rings. The van der Waals surface area contributed by atoms with Gasteiger partial charge in [0.2, 0.25) is 0 Å². The van der Waals surface area contributed by atoms with Crippen LogP contribution in [0, 0.1) is 5.92 Å². The van der Waals surface area contributed by atoms with Crippen molar-refractivity contribution in [1.82, 2.24) is 10.2 Å². The van der Waals surface area contributed by atoms with Gasteiger partial charge >= 0.3 is 6.09 Å². The van der Waals surface area contributed by atoms with Gasteiger partial charge < -0.3 is 15.0 Å². The monoisotopic (exact) mass is 284 g/mol. The first-order valence-corrected chi connectivity index (χ1v) is 8.07. The molecule has 0 saturated carbocycles. The minimum Gasteiger partial charge on any atom is -0.444 e. The average Bonchev–Trinajstić information content (AvgIpc) is 2.38. The SMILES string of the molecule is CCC(CC)CNC1CCN(C(=O)OC(C)(C)C)CC1. The van der Waals surface area contributed by atoms with E-state index in [-0.39, 0.29) is 6.09 Å². The molecule has 1 heterocycles. The Hall–Kier alpha value is -0.770. The minimum atomic E-state index is -0.401. The van der Waals surface area contributed by atoms with Crippen LogP contribution in [0.2, 0.25) is 0 Å². The van der Waals surface area contributed by atoms with Gasteiger partial charge in [-0.2, -0.15) is 0 Å². The molecular weight excluding hydrogens is 252 g/mol. The Morgan fingerprint density at radius 3 is 2.25 bits per heavy atom. The summed E-state index contributed by atoms with van der Waals surface area (Å²) in [5.74, 6) is 0.777. The quantitative estimate of drug-likeness (QED) is 0.841. The second kappa shape index (κ2) is 7.87. The van der Waals surface area contributed by atoms with Gasteiger partial charge in [-0.25, -0.2) is 4.79 Å². The summed E-state index contributed by atoms with van der Waals surface area (Å²) in [5.41, 5.74) is -0.401. The third kappa shape index (κ3) is 6.12. The fourth-order valence-electron chi connectivity index (χ4n) is 2.50. The zero-order chi connectivity index (χ0) is 15.2. The molecule has 1 rings (SSSR count). The van der Waals surface area contributed by atoms with Gasteiger partial charge in [-0.15, -0.1) is 0 Å². The van der Waals surface area contributed by atoms with E-state index in [0.717, 1.165) is 38.4 Å². The molecule has 1 N–H and O–H groups in total. The van der Waals surface area contributed by atoms with E-state index in [1.807, 2.05) is 25.7 Å². The maximum atomic E-state index is 12.0. The number of ether oxygens (including phenoxy) is 1. The van der Waals surface area contributed by atoms with E-state index >= 15 is 0 Å². The van der Waals surface area contributed by atoms with Gasteiger partial charge in [-0.05, 0) is 46.1 Å². The van der Waals surface area contributed by atoms with Gasteiger partial charge in [-0.1, -0.05) is 26.7 Å². The van der Waals surface area contributed by atoms with Crippen LogP contribution in [0.3, 0.4) is 0 Å². The molecule has 20 heavy (non-hydrogen) atoms. The van der Waals surface area contributed by atoms with Gasteiger partial charge in [0.1, 0.15) is 5.60 Å². The summed E-state index contributed by atoms with van der Waals surface area (Å²) in [4.78, 5) is 13.8. The third-order valence-corrected chi connectivity index (χ3v) is 4.00. The molecule has 0 bridgehead atoms. The number of piperidine rings is 1. The Balaban J connectivity index is 2.28. The Bertz CT molecular complexity index is 287. The summed E-state index contributed by atoms with van der Waals surface area (Å²) in [6.07, 6.45) is 4.36. The first-order valence-electron chi connectivity index (χ1n) is 8.07. The van der Waals surface area contributed by atoms with Gasteiger partial charge in [0, 0.05) is 19.1 Å². The van der Waals surface area contributed by atoms with Crippen LogP contribution in [0.5, 0.6) is 0 Å². The zero-order valence-electron chi connectivity index (χ0n) is 13.9. The second-order valence-electron chi connectivity index (χ2n) is 6.83. The Kier molecular flexibility index (Phi) is 6.80. The number of likely N-dealkylation sites (tertiary alicyclic amines) is 1. The molecule has 1 aliphatic heterocycles. The van der Waals surface area contributed by atoms with E-state index in [2.05, 4.69) is 19.2 Å². The van der Waals surface area contributed by atoms with Crippen molar-refractivity contribution in [3.05, 3.63) is 0 Å². The van der Waals surface area contributed by atoms with Crippen molar-refractivity contribution in [1.29, 1.82) is 0 Å². The van der Waals surface area contributed by atoms with Crippen molar-refractivity contribution < 1.29 is 9.53 Å². The molecule has 0 unspecified atom stereocenters. The molecule has 0 aliphatic carbocycles. The highest BCUT2D eigenvalue weighted by molar-refractivity contribution is 5.68. The largest absolute Gasteiger partial charge is 0.444 e. The minimum absolute atomic E-state index is 0.170. The van der Waals surface area contributed by atoms with Crippen molar-refractivity contribution in [3.8, 4) is 0 Å². The van der Waals surface area contributed by atoms with Crippen molar-refractivity contribution in [2.75, 3.05) is 19.6 Å². The van der Waals surface area contributed by atoms with Crippen LogP contribution in [0.15, 0.2) is 0 Å². The van der Waals surface area contributed by atoms with Crippen LogP contribution in [0.4, 0.5) is 4.79 Å². The number of nitrogens with zero attached hydrogens (tertiary/aromatic N) is 1. The molecular formula is C16H32N2O2.